The molecule has 0 aromatic rings. The molecule has 0 spiro atoms. The number of hydrogen-bond donors (Lipinski definition) is 4. The van der Waals surface area contributed by atoms with Crippen LogP contribution in [0.25, 0.3) is 0 Å². The molecule has 2 unspecified atom stereocenters. The summed E-state index contributed by atoms with van der Waals surface area (Å²) in [7, 11) is 0. The van der Waals surface area contributed by atoms with Crippen LogP contribution < -0.4 is 0 Å². The number of carbonyl (C=O) groups is 1. The Kier molecular flexibility index (Phi) is 1.81. The quantitative estimate of drug-likeness (QED) is 0.347. The van der Waals surface area contributed by atoms with E-state index in [4.69, 9.17) is 20.4 Å². The summed E-state index contributed by atoms with van der Waals surface area (Å²) in [5.41, 5.74) is 0. The lowest BCUT2D eigenvalue weighted by Crippen LogP contribution is -2.37. The van der Waals surface area contributed by atoms with E-state index >= 15 is 0 Å². The van der Waals surface area contributed by atoms with Gasteiger partial charge in [-0.05, 0) is 0 Å². The molecule has 0 aromatic heterocycles. The van der Waals surface area contributed by atoms with Crippen LogP contribution in [-0.2, 0) is 9.53 Å². The van der Waals surface area contributed by atoms with E-state index in [-0.39, 0.29) is 0 Å². The third kappa shape index (κ3) is 1.18. The number of aliphatic hydroxyl groups excluding tert-OH is 4. The summed E-state index contributed by atoms with van der Waals surface area (Å²) in [6.45, 7) is 0. The number of aliphatic hydroxyl groups is 4. The maximum absolute atomic E-state index is 10.5. The highest BCUT2D eigenvalue weighted by Gasteiger charge is 2.34. The normalized spacial score (nSPS) is 32.7. The molecule has 0 radical (unpaired) electrons. The number of Topliss-reactive ketones (excluding diaryl/α,β-unsaturated/α-hetero) is 1. The summed E-state index contributed by atoms with van der Waals surface area (Å²) >= 11 is 0. The van der Waals surface area contributed by atoms with Gasteiger partial charge >= 0.3 is 0 Å². The number of hydrogen-bond acceptors (Lipinski definition) is 6. The van der Waals surface area contributed by atoms with Gasteiger partial charge in [0, 0.05) is 0 Å². The SMILES string of the molecule is O=C1C(O)=C(O)C(O)OC1O. The zero-order valence-corrected chi connectivity index (χ0v) is 5.26. The minimum atomic E-state index is -1.92. The fourth-order valence-corrected chi connectivity index (χ4v) is 0.608. The van der Waals surface area contributed by atoms with Crippen LogP contribution in [0.5, 0.6) is 0 Å². The Balaban J connectivity index is 2.98. The van der Waals surface area contributed by atoms with Crippen LogP contribution in [0.3, 0.4) is 0 Å². The van der Waals surface area contributed by atoms with Crippen molar-refractivity contribution in [3.63, 3.8) is 0 Å². The van der Waals surface area contributed by atoms with Gasteiger partial charge in [0.1, 0.15) is 0 Å². The van der Waals surface area contributed by atoms with Crippen LogP contribution in [0.2, 0.25) is 0 Å². The van der Waals surface area contributed by atoms with Crippen molar-refractivity contribution in [2.45, 2.75) is 12.6 Å². The van der Waals surface area contributed by atoms with E-state index in [1.165, 1.54) is 0 Å². The van der Waals surface area contributed by atoms with Crippen LogP contribution in [0, 0.1) is 0 Å². The predicted molar refractivity (Wildman–Crippen MR) is 30.4 cm³/mol. The number of carbonyl (C=O) groups excluding carboxylic acids is 1. The molecule has 62 valence electrons. The second-order valence-electron chi connectivity index (χ2n) is 1.94. The molecule has 0 bridgehead atoms. The molecule has 0 saturated heterocycles. The molecule has 6 nitrogen and oxygen atoms in total. The third-order valence-electron chi connectivity index (χ3n) is 1.19. The standard InChI is InChI=1S/C5H6O6/c6-1-2(7)4(9)11-5(10)3(1)8/h4-7,9-10H. The van der Waals surface area contributed by atoms with Crippen molar-refractivity contribution < 1.29 is 30.0 Å². The van der Waals surface area contributed by atoms with Crippen molar-refractivity contribution in [1.29, 1.82) is 0 Å². The van der Waals surface area contributed by atoms with Crippen LogP contribution in [0.15, 0.2) is 11.5 Å². The highest BCUT2D eigenvalue weighted by atomic mass is 16.7. The van der Waals surface area contributed by atoms with Gasteiger partial charge in [0.25, 0.3) is 5.78 Å². The molecule has 0 amide bonds. The molecule has 0 aliphatic carbocycles. The third-order valence-corrected chi connectivity index (χ3v) is 1.19. The molecule has 4 N–H and O–H groups in total. The van der Waals surface area contributed by atoms with Crippen molar-refractivity contribution in [3.05, 3.63) is 11.5 Å². The maximum Gasteiger partial charge on any atom is 0.256 e. The lowest BCUT2D eigenvalue weighted by molar-refractivity contribution is -0.212. The van der Waals surface area contributed by atoms with Gasteiger partial charge in [-0.25, -0.2) is 0 Å². The van der Waals surface area contributed by atoms with Crippen LogP contribution in [0.4, 0.5) is 0 Å². The van der Waals surface area contributed by atoms with Gasteiger partial charge in [-0.2, -0.15) is 0 Å². The second-order valence-corrected chi connectivity index (χ2v) is 1.94. The number of ether oxygens (including phenoxy) is 1. The van der Waals surface area contributed by atoms with E-state index in [1.54, 1.807) is 0 Å². The van der Waals surface area contributed by atoms with E-state index in [1.807, 2.05) is 0 Å². The highest BCUT2D eigenvalue weighted by Crippen LogP contribution is 2.16. The van der Waals surface area contributed by atoms with Crippen molar-refractivity contribution >= 4 is 5.78 Å². The Bertz CT molecular complexity index is 219. The van der Waals surface area contributed by atoms with Crippen molar-refractivity contribution in [1.82, 2.24) is 0 Å². The smallest absolute Gasteiger partial charge is 0.256 e. The van der Waals surface area contributed by atoms with E-state index in [2.05, 4.69) is 4.74 Å². The molecule has 1 heterocycles. The summed E-state index contributed by atoms with van der Waals surface area (Å²) in [6.07, 6.45) is -3.76. The van der Waals surface area contributed by atoms with Gasteiger partial charge in [0.2, 0.25) is 18.3 Å². The van der Waals surface area contributed by atoms with Crippen molar-refractivity contribution in [2.24, 2.45) is 0 Å². The summed E-state index contributed by atoms with van der Waals surface area (Å²) < 4.78 is 4.07. The van der Waals surface area contributed by atoms with E-state index in [9.17, 15) is 4.79 Å². The average Bonchev–Trinajstić information content (AvgIpc) is 1.97. The second kappa shape index (κ2) is 2.50. The van der Waals surface area contributed by atoms with Crippen LogP contribution >= 0.6 is 0 Å². The molecule has 6 heteroatoms. The van der Waals surface area contributed by atoms with Crippen LogP contribution in [0.1, 0.15) is 0 Å². The van der Waals surface area contributed by atoms with Gasteiger partial charge in [0.05, 0.1) is 0 Å². The first-order chi connectivity index (χ1) is 5.04. The van der Waals surface area contributed by atoms with Crippen LogP contribution in [-0.4, -0.2) is 38.8 Å². The molecular formula is C5H6O6. The zero-order chi connectivity index (χ0) is 8.59. The monoisotopic (exact) mass is 162 g/mol. The Hall–Kier alpha value is -1.11. The number of ketones is 1. The van der Waals surface area contributed by atoms with Gasteiger partial charge < -0.3 is 25.2 Å². The predicted octanol–water partition coefficient (Wildman–Crippen LogP) is -1.45. The summed E-state index contributed by atoms with van der Waals surface area (Å²) in [6, 6.07) is 0. The number of rotatable bonds is 0. The average molecular weight is 162 g/mol. The fourth-order valence-electron chi connectivity index (χ4n) is 0.608. The van der Waals surface area contributed by atoms with Crippen molar-refractivity contribution in [2.75, 3.05) is 0 Å². The minimum absolute atomic E-state index is 0.986. The first kappa shape index (κ1) is 7.99. The molecule has 0 aromatic carbocycles. The molecule has 0 saturated carbocycles. The molecule has 1 rings (SSSR count). The van der Waals surface area contributed by atoms with Gasteiger partial charge in [0.15, 0.2) is 5.76 Å². The molecule has 2 atom stereocenters. The molecular weight excluding hydrogens is 156 g/mol. The summed E-state index contributed by atoms with van der Waals surface area (Å²) in [5.74, 6) is -3.23. The Morgan fingerprint density at radius 2 is 1.73 bits per heavy atom. The minimum Gasteiger partial charge on any atom is -0.504 e. The van der Waals surface area contributed by atoms with Gasteiger partial charge in [-0.1, -0.05) is 0 Å². The van der Waals surface area contributed by atoms with Gasteiger partial charge in [-0.15, -0.1) is 0 Å². The largest absolute Gasteiger partial charge is 0.504 e. The van der Waals surface area contributed by atoms with E-state index < -0.39 is 29.9 Å². The summed E-state index contributed by atoms with van der Waals surface area (Å²) in [4.78, 5) is 10.5. The Morgan fingerprint density at radius 1 is 1.18 bits per heavy atom. The molecule has 1 aliphatic heterocycles. The van der Waals surface area contributed by atoms with E-state index in [0.29, 0.717) is 0 Å². The molecule has 1 aliphatic rings. The fraction of sp³-hybridized carbons (Fsp3) is 0.400. The van der Waals surface area contributed by atoms with E-state index in [0.717, 1.165) is 0 Å². The Labute approximate surface area is 61.0 Å². The highest BCUT2D eigenvalue weighted by molar-refractivity contribution is 5.96. The summed E-state index contributed by atoms with van der Waals surface area (Å²) in [5, 5.41) is 34.6. The first-order valence-corrected chi connectivity index (χ1v) is 2.72. The van der Waals surface area contributed by atoms with Gasteiger partial charge in [-0.3, -0.25) is 4.79 Å². The zero-order valence-electron chi connectivity index (χ0n) is 5.26. The lowest BCUT2D eigenvalue weighted by atomic mass is 10.2. The molecule has 0 fully saturated rings. The molecule has 11 heavy (non-hydrogen) atoms. The Morgan fingerprint density at radius 3 is 2.27 bits per heavy atom. The first-order valence-electron chi connectivity index (χ1n) is 2.72. The maximum atomic E-state index is 10.5. The topological polar surface area (TPSA) is 107 Å². The van der Waals surface area contributed by atoms with Crippen molar-refractivity contribution in [3.8, 4) is 0 Å². The lowest BCUT2D eigenvalue weighted by Gasteiger charge is -2.20.